The summed E-state index contributed by atoms with van der Waals surface area (Å²) in [6, 6.07) is 11.6. The number of hydrogen-bond donors (Lipinski definition) is 1. The van der Waals surface area contributed by atoms with Gasteiger partial charge in [-0.2, -0.15) is 0 Å². The molecule has 1 aromatic heterocycles. The zero-order valence-corrected chi connectivity index (χ0v) is 16.3. The molecule has 0 radical (unpaired) electrons. The predicted octanol–water partition coefficient (Wildman–Crippen LogP) is 2.93. The van der Waals surface area contributed by atoms with Gasteiger partial charge in [0.2, 0.25) is 5.91 Å². The van der Waals surface area contributed by atoms with Crippen LogP contribution in [0, 0.1) is 5.92 Å². The van der Waals surface area contributed by atoms with Gasteiger partial charge >= 0.3 is 0 Å². The monoisotopic (exact) mass is 383 g/mol. The van der Waals surface area contributed by atoms with E-state index in [0.717, 1.165) is 82.3 Å². The number of piperidine rings is 1. The van der Waals surface area contributed by atoms with E-state index in [-0.39, 0.29) is 11.8 Å². The second-order valence-corrected chi connectivity index (χ2v) is 7.64. The lowest BCUT2D eigenvalue weighted by Crippen LogP contribution is -2.45. The van der Waals surface area contributed by atoms with Crippen molar-refractivity contribution in [3.05, 3.63) is 42.7 Å². The zero-order valence-electron chi connectivity index (χ0n) is 16.3. The fraction of sp³-hybridized carbons (Fsp3) is 0.500. The van der Waals surface area contributed by atoms with Crippen LogP contribution in [-0.2, 0) is 9.53 Å². The Balaban J connectivity index is 1.26. The van der Waals surface area contributed by atoms with Gasteiger partial charge in [0.25, 0.3) is 0 Å². The molecule has 0 aliphatic carbocycles. The summed E-state index contributed by atoms with van der Waals surface area (Å²) in [5.41, 5.74) is 1.85. The van der Waals surface area contributed by atoms with E-state index in [9.17, 15) is 4.79 Å². The maximum Gasteiger partial charge on any atom is 0.228 e. The Hall–Kier alpha value is -2.15. The minimum Gasteiger partial charge on any atom is -0.464 e. The number of carbonyl (C=O) groups excluding carboxylic acids is 1. The number of morpholine rings is 1. The first-order valence-electron chi connectivity index (χ1n) is 10.3. The number of benzene rings is 1. The molecule has 0 bridgehead atoms. The number of furan rings is 1. The Labute approximate surface area is 166 Å². The van der Waals surface area contributed by atoms with Gasteiger partial charge in [-0.05, 0) is 55.8 Å². The maximum absolute atomic E-state index is 12.7. The minimum atomic E-state index is 0.0585. The molecule has 3 heterocycles. The van der Waals surface area contributed by atoms with Gasteiger partial charge in [-0.1, -0.05) is 0 Å². The normalized spacial score (nSPS) is 21.5. The van der Waals surface area contributed by atoms with Crippen molar-refractivity contribution in [3.63, 3.8) is 0 Å². The first-order chi connectivity index (χ1) is 13.8. The predicted molar refractivity (Wildman–Crippen MR) is 109 cm³/mol. The number of nitrogens with zero attached hydrogens (tertiary/aromatic N) is 2. The van der Waals surface area contributed by atoms with E-state index < -0.39 is 0 Å². The van der Waals surface area contributed by atoms with Gasteiger partial charge < -0.3 is 19.4 Å². The number of carbonyl (C=O) groups is 1. The van der Waals surface area contributed by atoms with E-state index in [2.05, 4.69) is 15.1 Å². The molecule has 2 aliphatic rings. The lowest BCUT2D eigenvalue weighted by Gasteiger charge is -2.34. The van der Waals surface area contributed by atoms with E-state index >= 15 is 0 Å². The molecule has 1 aromatic carbocycles. The van der Waals surface area contributed by atoms with Crippen LogP contribution < -0.4 is 5.32 Å². The van der Waals surface area contributed by atoms with Gasteiger partial charge in [-0.25, -0.2) is 0 Å². The summed E-state index contributed by atoms with van der Waals surface area (Å²) in [4.78, 5) is 17.6. The van der Waals surface area contributed by atoms with Crippen LogP contribution in [0.25, 0.3) is 11.3 Å². The van der Waals surface area contributed by atoms with Crippen molar-refractivity contribution in [1.82, 2.24) is 9.80 Å². The smallest absolute Gasteiger partial charge is 0.228 e. The summed E-state index contributed by atoms with van der Waals surface area (Å²) in [6.45, 7) is 7.74. The van der Waals surface area contributed by atoms with Crippen molar-refractivity contribution in [1.29, 1.82) is 0 Å². The van der Waals surface area contributed by atoms with Crippen LogP contribution in [0.3, 0.4) is 0 Å². The molecule has 150 valence electrons. The Morgan fingerprint density at radius 1 is 1.04 bits per heavy atom. The summed E-state index contributed by atoms with van der Waals surface area (Å²) in [5, 5.41) is 3.09. The summed E-state index contributed by atoms with van der Waals surface area (Å²) in [7, 11) is 0. The number of amides is 1. The van der Waals surface area contributed by atoms with E-state index in [4.69, 9.17) is 9.15 Å². The second-order valence-electron chi connectivity index (χ2n) is 7.64. The molecule has 2 fully saturated rings. The van der Waals surface area contributed by atoms with Gasteiger partial charge in [0, 0.05) is 44.0 Å². The highest BCUT2D eigenvalue weighted by Crippen LogP contribution is 2.23. The van der Waals surface area contributed by atoms with Crippen molar-refractivity contribution in [2.45, 2.75) is 12.8 Å². The summed E-state index contributed by atoms with van der Waals surface area (Å²) in [6.07, 6.45) is 3.71. The van der Waals surface area contributed by atoms with Crippen LogP contribution in [0.15, 0.2) is 47.1 Å². The molecule has 2 aromatic rings. The Morgan fingerprint density at radius 2 is 1.82 bits per heavy atom. The average Bonchev–Trinajstić information content (AvgIpc) is 3.29. The molecule has 2 aliphatic heterocycles. The highest BCUT2D eigenvalue weighted by molar-refractivity contribution is 5.93. The number of hydrogen-bond acceptors (Lipinski definition) is 5. The number of rotatable bonds is 6. The van der Waals surface area contributed by atoms with Crippen molar-refractivity contribution < 1.29 is 13.9 Å². The molecule has 28 heavy (non-hydrogen) atoms. The topological polar surface area (TPSA) is 58.0 Å². The zero-order chi connectivity index (χ0) is 19.2. The molecule has 1 atom stereocenters. The van der Waals surface area contributed by atoms with Gasteiger partial charge in [-0.15, -0.1) is 0 Å². The Kier molecular flexibility index (Phi) is 6.41. The number of anilines is 1. The third-order valence-electron chi connectivity index (χ3n) is 5.67. The lowest BCUT2D eigenvalue weighted by molar-refractivity contribution is -0.121. The van der Waals surface area contributed by atoms with Crippen molar-refractivity contribution in [3.8, 4) is 11.3 Å². The number of nitrogens with one attached hydrogen (secondary N) is 1. The third-order valence-corrected chi connectivity index (χ3v) is 5.67. The molecule has 0 unspecified atom stereocenters. The molecule has 0 saturated carbocycles. The van der Waals surface area contributed by atoms with Gasteiger partial charge in [0.05, 0.1) is 25.4 Å². The largest absolute Gasteiger partial charge is 0.464 e. The van der Waals surface area contributed by atoms with Crippen molar-refractivity contribution in [2.75, 3.05) is 57.8 Å². The molecule has 6 heteroatoms. The second kappa shape index (κ2) is 9.37. The van der Waals surface area contributed by atoms with E-state index in [0.29, 0.717) is 0 Å². The third kappa shape index (κ3) is 5.01. The van der Waals surface area contributed by atoms with E-state index in [1.807, 2.05) is 36.4 Å². The summed E-state index contributed by atoms with van der Waals surface area (Å²) in [5.74, 6) is 1.02. The highest BCUT2D eigenvalue weighted by atomic mass is 16.5. The van der Waals surface area contributed by atoms with Crippen molar-refractivity contribution in [2.24, 2.45) is 5.92 Å². The van der Waals surface area contributed by atoms with Crippen LogP contribution in [0.2, 0.25) is 0 Å². The van der Waals surface area contributed by atoms with Gasteiger partial charge in [0.15, 0.2) is 0 Å². The Bertz CT molecular complexity index is 739. The Morgan fingerprint density at radius 3 is 2.57 bits per heavy atom. The van der Waals surface area contributed by atoms with Crippen LogP contribution in [0.4, 0.5) is 5.69 Å². The standard InChI is InChI=1S/C22H29N3O3/c26-22(23-20-7-5-18(6-8-20)21-4-2-14-28-21)19-3-1-9-25(17-19)11-10-24-12-15-27-16-13-24/h2,4-8,14,19H,1,3,9-13,15-17H2,(H,23,26)/t19-/m1/s1. The SMILES string of the molecule is O=C(Nc1ccc(-c2ccco2)cc1)[C@@H]1CCCN(CCN2CCOCC2)C1. The highest BCUT2D eigenvalue weighted by Gasteiger charge is 2.26. The molecular weight excluding hydrogens is 354 g/mol. The van der Waals surface area contributed by atoms with Crippen LogP contribution >= 0.6 is 0 Å². The van der Waals surface area contributed by atoms with E-state index in [1.165, 1.54) is 0 Å². The summed E-state index contributed by atoms with van der Waals surface area (Å²) < 4.78 is 10.8. The lowest BCUT2D eigenvalue weighted by atomic mass is 9.97. The molecule has 6 nitrogen and oxygen atoms in total. The minimum absolute atomic E-state index is 0.0585. The molecular formula is C22H29N3O3. The van der Waals surface area contributed by atoms with Crippen LogP contribution in [0.1, 0.15) is 12.8 Å². The molecule has 2 saturated heterocycles. The van der Waals surface area contributed by atoms with Gasteiger partial charge in [-0.3, -0.25) is 9.69 Å². The quantitative estimate of drug-likeness (QED) is 0.831. The maximum atomic E-state index is 12.7. The average molecular weight is 383 g/mol. The number of ether oxygens (including phenoxy) is 1. The summed E-state index contributed by atoms with van der Waals surface area (Å²) >= 11 is 0. The molecule has 4 rings (SSSR count). The van der Waals surface area contributed by atoms with Crippen LogP contribution in [0.5, 0.6) is 0 Å². The fourth-order valence-corrected chi connectivity index (χ4v) is 3.99. The van der Waals surface area contributed by atoms with Gasteiger partial charge in [0.1, 0.15) is 5.76 Å². The van der Waals surface area contributed by atoms with Crippen molar-refractivity contribution >= 4 is 11.6 Å². The first kappa shape index (κ1) is 19.2. The van der Waals surface area contributed by atoms with Crippen LogP contribution in [-0.4, -0.2) is 68.2 Å². The first-order valence-corrected chi connectivity index (χ1v) is 10.3. The molecule has 0 spiro atoms. The van der Waals surface area contributed by atoms with E-state index in [1.54, 1.807) is 6.26 Å². The number of likely N-dealkylation sites (tertiary alicyclic amines) is 1. The fourth-order valence-electron chi connectivity index (χ4n) is 3.99. The molecule has 1 amide bonds. The molecule has 1 N–H and O–H groups in total.